The predicted molar refractivity (Wildman–Crippen MR) is 80.4 cm³/mol. The molecule has 0 spiro atoms. The van der Waals surface area contributed by atoms with Crippen LogP contribution in [0.2, 0.25) is 0 Å². The lowest BCUT2D eigenvalue weighted by Gasteiger charge is -2.24. The molecule has 2 N–H and O–H groups in total. The average Bonchev–Trinajstić information content (AvgIpc) is 2.81. The van der Waals surface area contributed by atoms with E-state index < -0.39 is 0 Å². The van der Waals surface area contributed by atoms with Crippen molar-refractivity contribution in [3.05, 3.63) is 51.7 Å². The molecule has 0 aliphatic rings. The van der Waals surface area contributed by atoms with Gasteiger partial charge in [0.25, 0.3) is 0 Å². The number of hydrogen-bond donors (Lipinski definition) is 1. The number of anilines is 1. The quantitative estimate of drug-likeness (QED) is 0.911. The zero-order valence-corrected chi connectivity index (χ0v) is 12.0. The van der Waals surface area contributed by atoms with Crippen LogP contribution in [0.4, 0.5) is 5.69 Å². The van der Waals surface area contributed by atoms with Crippen molar-refractivity contribution in [2.45, 2.75) is 19.9 Å². The molecule has 2 rings (SSSR count). The van der Waals surface area contributed by atoms with Gasteiger partial charge in [-0.1, -0.05) is 23.8 Å². The fourth-order valence-electron chi connectivity index (χ4n) is 2.22. The van der Waals surface area contributed by atoms with Crippen LogP contribution in [0.3, 0.4) is 0 Å². The molecule has 0 saturated heterocycles. The van der Waals surface area contributed by atoms with Gasteiger partial charge in [-0.25, -0.2) is 0 Å². The number of nitrogens with zero attached hydrogens (tertiary/aromatic N) is 1. The second kappa shape index (κ2) is 5.55. The zero-order valence-electron chi connectivity index (χ0n) is 11.2. The van der Waals surface area contributed by atoms with E-state index in [4.69, 9.17) is 5.73 Å². The Balaban J connectivity index is 2.10. The lowest BCUT2D eigenvalue weighted by Crippen LogP contribution is -2.28. The second-order valence-corrected chi connectivity index (χ2v) is 5.77. The van der Waals surface area contributed by atoms with Gasteiger partial charge >= 0.3 is 0 Å². The Morgan fingerprint density at radius 3 is 2.67 bits per heavy atom. The molecule has 3 heteroatoms. The third kappa shape index (κ3) is 2.92. The highest BCUT2D eigenvalue weighted by Gasteiger charge is 2.12. The number of benzene rings is 1. The fourth-order valence-corrected chi connectivity index (χ4v) is 2.94. The first-order valence-electron chi connectivity index (χ1n) is 6.15. The minimum Gasteiger partial charge on any atom is -0.372 e. The average molecular weight is 260 g/mol. The summed E-state index contributed by atoms with van der Waals surface area (Å²) < 4.78 is 0. The van der Waals surface area contributed by atoms with E-state index in [9.17, 15) is 0 Å². The van der Waals surface area contributed by atoms with E-state index in [2.05, 4.69) is 61.5 Å². The van der Waals surface area contributed by atoms with Crippen LogP contribution in [0.5, 0.6) is 0 Å². The van der Waals surface area contributed by atoms with Gasteiger partial charge in [-0.15, -0.1) is 11.3 Å². The first-order valence-corrected chi connectivity index (χ1v) is 7.03. The van der Waals surface area contributed by atoms with Crippen molar-refractivity contribution in [1.82, 2.24) is 0 Å². The summed E-state index contributed by atoms with van der Waals surface area (Å²) in [5.74, 6) is 0. The molecule has 0 bridgehead atoms. The van der Waals surface area contributed by atoms with Crippen LogP contribution in [0, 0.1) is 13.8 Å². The van der Waals surface area contributed by atoms with Crippen molar-refractivity contribution in [3.63, 3.8) is 0 Å². The molecule has 1 atom stereocenters. The summed E-state index contributed by atoms with van der Waals surface area (Å²) in [5.41, 5.74) is 10.1. The van der Waals surface area contributed by atoms with E-state index in [1.54, 1.807) is 11.3 Å². The molecular formula is C15H20N2S. The van der Waals surface area contributed by atoms with Crippen LogP contribution in [0.25, 0.3) is 0 Å². The molecule has 0 aliphatic carbocycles. The van der Waals surface area contributed by atoms with E-state index in [0.717, 1.165) is 6.54 Å². The van der Waals surface area contributed by atoms with Crippen LogP contribution in [-0.4, -0.2) is 13.6 Å². The molecule has 96 valence electrons. The van der Waals surface area contributed by atoms with Crippen molar-refractivity contribution >= 4 is 17.0 Å². The van der Waals surface area contributed by atoms with Crippen molar-refractivity contribution in [1.29, 1.82) is 0 Å². The summed E-state index contributed by atoms with van der Waals surface area (Å²) in [6.07, 6.45) is 0. The molecule has 1 aromatic heterocycles. The largest absolute Gasteiger partial charge is 0.372 e. The number of nitrogens with two attached hydrogens (primary N) is 1. The van der Waals surface area contributed by atoms with Gasteiger partial charge in [-0.05, 0) is 36.9 Å². The van der Waals surface area contributed by atoms with Gasteiger partial charge < -0.3 is 10.6 Å². The Kier molecular flexibility index (Phi) is 4.04. The molecule has 0 amide bonds. The van der Waals surface area contributed by atoms with Gasteiger partial charge in [0.15, 0.2) is 0 Å². The summed E-state index contributed by atoms with van der Waals surface area (Å²) in [4.78, 5) is 3.48. The third-order valence-corrected chi connectivity index (χ3v) is 4.15. The van der Waals surface area contributed by atoms with Crippen LogP contribution in [0.1, 0.15) is 22.0 Å². The van der Waals surface area contributed by atoms with E-state index in [0.29, 0.717) is 0 Å². The molecule has 18 heavy (non-hydrogen) atoms. The number of hydrogen-bond acceptors (Lipinski definition) is 3. The minimum atomic E-state index is 0.0794. The van der Waals surface area contributed by atoms with Gasteiger partial charge in [0, 0.05) is 24.2 Å². The van der Waals surface area contributed by atoms with Crippen molar-refractivity contribution in [2.75, 3.05) is 18.5 Å². The van der Waals surface area contributed by atoms with Gasteiger partial charge in [0.05, 0.1) is 6.04 Å². The van der Waals surface area contributed by atoms with Crippen LogP contribution >= 0.6 is 11.3 Å². The van der Waals surface area contributed by atoms with Crippen LogP contribution in [-0.2, 0) is 0 Å². The highest BCUT2D eigenvalue weighted by atomic mass is 32.1. The molecule has 1 aromatic carbocycles. The monoisotopic (exact) mass is 260 g/mol. The predicted octanol–water partition coefficient (Wildman–Crippen LogP) is 3.50. The lowest BCUT2D eigenvalue weighted by molar-refractivity contribution is 0.714. The Hall–Kier alpha value is -1.32. The van der Waals surface area contributed by atoms with Crippen molar-refractivity contribution in [2.24, 2.45) is 5.73 Å². The smallest absolute Gasteiger partial charge is 0.0567 e. The van der Waals surface area contributed by atoms with Gasteiger partial charge in [0.2, 0.25) is 0 Å². The van der Waals surface area contributed by atoms with E-state index >= 15 is 0 Å². The summed E-state index contributed by atoms with van der Waals surface area (Å²) in [6, 6.07) is 10.8. The summed E-state index contributed by atoms with van der Waals surface area (Å²) in [7, 11) is 2.10. The summed E-state index contributed by atoms with van der Waals surface area (Å²) in [5, 5.41) is 2.08. The van der Waals surface area contributed by atoms with Gasteiger partial charge in [0.1, 0.15) is 0 Å². The molecule has 0 radical (unpaired) electrons. The summed E-state index contributed by atoms with van der Waals surface area (Å²) >= 11 is 1.72. The topological polar surface area (TPSA) is 29.3 Å². The molecular weight excluding hydrogens is 240 g/mol. The SMILES string of the molecule is Cc1ccc(N(C)CC(N)c2cccs2)c(C)c1. The molecule has 0 aliphatic heterocycles. The molecule has 0 saturated carbocycles. The van der Waals surface area contributed by atoms with E-state index in [1.165, 1.54) is 21.7 Å². The molecule has 1 heterocycles. The molecule has 1 unspecified atom stereocenters. The number of likely N-dealkylation sites (N-methyl/N-ethyl adjacent to an activating group) is 1. The first-order chi connectivity index (χ1) is 8.58. The maximum atomic E-state index is 6.23. The zero-order chi connectivity index (χ0) is 13.1. The highest BCUT2D eigenvalue weighted by Crippen LogP contribution is 2.23. The molecule has 0 fully saturated rings. The Labute approximate surface area is 113 Å². The standard InChI is InChI=1S/C15H20N2S/c1-11-6-7-14(12(2)9-11)17(3)10-13(16)15-5-4-8-18-15/h4-9,13H,10,16H2,1-3H3. The maximum absolute atomic E-state index is 6.23. The summed E-state index contributed by atoms with van der Waals surface area (Å²) in [6.45, 7) is 5.11. The minimum absolute atomic E-state index is 0.0794. The van der Waals surface area contributed by atoms with Gasteiger partial charge in [-0.2, -0.15) is 0 Å². The van der Waals surface area contributed by atoms with Crippen molar-refractivity contribution in [3.8, 4) is 0 Å². The number of rotatable bonds is 4. The number of thiophene rings is 1. The molecule has 2 aromatic rings. The first kappa shape index (κ1) is 13.1. The van der Waals surface area contributed by atoms with Crippen LogP contribution in [0.15, 0.2) is 35.7 Å². The van der Waals surface area contributed by atoms with E-state index in [-0.39, 0.29) is 6.04 Å². The fraction of sp³-hybridized carbons (Fsp3) is 0.333. The Morgan fingerprint density at radius 2 is 2.06 bits per heavy atom. The Bertz CT molecular complexity index is 505. The highest BCUT2D eigenvalue weighted by molar-refractivity contribution is 7.10. The molecule has 2 nitrogen and oxygen atoms in total. The van der Waals surface area contributed by atoms with Crippen LogP contribution < -0.4 is 10.6 Å². The maximum Gasteiger partial charge on any atom is 0.0567 e. The normalized spacial score (nSPS) is 12.4. The Morgan fingerprint density at radius 1 is 1.28 bits per heavy atom. The third-order valence-electron chi connectivity index (χ3n) is 3.14. The van der Waals surface area contributed by atoms with E-state index in [1.807, 2.05) is 0 Å². The lowest BCUT2D eigenvalue weighted by atomic mass is 10.1. The number of aryl methyl sites for hydroxylation is 2. The second-order valence-electron chi connectivity index (χ2n) is 4.79. The van der Waals surface area contributed by atoms with Crippen molar-refractivity contribution < 1.29 is 0 Å². The van der Waals surface area contributed by atoms with Gasteiger partial charge in [-0.3, -0.25) is 0 Å².